The highest BCUT2D eigenvalue weighted by Gasteiger charge is 2.10. The van der Waals surface area contributed by atoms with E-state index in [0.29, 0.717) is 17.1 Å². The van der Waals surface area contributed by atoms with E-state index in [0.717, 1.165) is 10.0 Å². The van der Waals surface area contributed by atoms with Gasteiger partial charge in [0.15, 0.2) is 6.61 Å². The van der Waals surface area contributed by atoms with Crippen LogP contribution in [0.25, 0.3) is 0 Å². The van der Waals surface area contributed by atoms with Crippen molar-refractivity contribution in [1.29, 1.82) is 0 Å². The van der Waals surface area contributed by atoms with Gasteiger partial charge < -0.3 is 10.1 Å². The van der Waals surface area contributed by atoms with Gasteiger partial charge in [0.25, 0.3) is 5.91 Å². The van der Waals surface area contributed by atoms with Gasteiger partial charge in [0.2, 0.25) is 0 Å². The number of hydrogen-bond donors (Lipinski definition) is 1. The summed E-state index contributed by atoms with van der Waals surface area (Å²) in [6, 6.07) is 13.9. The molecule has 0 aliphatic heterocycles. The zero-order chi connectivity index (χ0) is 15.9. The normalized spacial score (nSPS) is 10.1. The van der Waals surface area contributed by atoms with Crippen LogP contribution in [0.5, 0.6) is 0 Å². The topological polar surface area (TPSA) is 55.4 Å². The van der Waals surface area contributed by atoms with Crippen LogP contribution in [0.15, 0.2) is 53.0 Å². The van der Waals surface area contributed by atoms with Crippen molar-refractivity contribution in [2.45, 2.75) is 6.54 Å². The van der Waals surface area contributed by atoms with Gasteiger partial charge in [-0.25, -0.2) is 4.79 Å². The molecule has 114 valence electrons. The molecule has 0 saturated carbocycles. The minimum absolute atomic E-state index is 0.320. The van der Waals surface area contributed by atoms with Gasteiger partial charge in [-0.2, -0.15) is 0 Å². The molecule has 2 rings (SSSR count). The van der Waals surface area contributed by atoms with Gasteiger partial charge in [-0.3, -0.25) is 4.79 Å². The number of halogens is 2. The van der Waals surface area contributed by atoms with Crippen molar-refractivity contribution in [2.75, 3.05) is 6.61 Å². The minimum Gasteiger partial charge on any atom is -0.452 e. The summed E-state index contributed by atoms with van der Waals surface area (Å²) in [5.41, 5.74) is 1.30. The summed E-state index contributed by atoms with van der Waals surface area (Å²) >= 11 is 9.05. The van der Waals surface area contributed by atoms with E-state index < -0.39 is 5.97 Å². The lowest BCUT2D eigenvalue weighted by Crippen LogP contribution is -2.28. The van der Waals surface area contributed by atoms with Crippen molar-refractivity contribution >= 4 is 39.4 Å². The van der Waals surface area contributed by atoms with Crippen molar-refractivity contribution in [3.8, 4) is 0 Å². The van der Waals surface area contributed by atoms with Gasteiger partial charge in [0.1, 0.15) is 0 Å². The van der Waals surface area contributed by atoms with Gasteiger partial charge in [0, 0.05) is 16.0 Å². The maximum absolute atomic E-state index is 11.8. The van der Waals surface area contributed by atoms with Gasteiger partial charge in [-0.1, -0.05) is 45.7 Å². The molecular formula is C16H13BrClNO3. The fourth-order valence-electron chi connectivity index (χ4n) is 1.68. The number of amides is 1. The maximum Gasteiger partial charge on any atom is 0.338 e. The summed E-state index contributed by atoms with van der Waals surface area (Å²) in [6.07, 6.45) is 0. The smallest absolute Gasteiger partial charge is 0.338 e. The highest BCUT2D eigenvalue weighted by atomic mass is 79.9. The molecule has 0 radical (unpaired) electrons. The number of rotatable bonds is 5. The van der Waals surface area contributed by atoms with Crippen LogP contribution in [0, 0.1) is 0 Å². The van der Waals surface area contributed by atoms with Crippen LogP contribution in [-0.2, 0) is 16.1 Å². The third-order valence-corrected chi connectivity index (χ3v) is 3.54. The summed E-state index contributed by atoms with van der Waals surface area (Å²) < 4.78 is 5.73. The molecule has 0 heterocycles. The number of carbonyl (C=O) groups is 2. The van der Waals surface area contributed by atoms with E-state index in [1.54, 1.807) is 36.4 Å². The third-order valence-electron chi connectivity index (χ3n) is 2.80. The van der Waals surface area contributed by atoms with Crippen LogP contribution in [0.2, 0.25) is 5.02 Å². The average molecular weight is 383 g/mol. The van der Waals surface area contributed by atoms with E-state index in [2.05, 4.69) is 21.2 Å². The van der Waals surface area contributed by atoms with E-state index >= 15 is 0 Å². The molecule has 22 heavy (non-hydrogen) atoms. The number of carbonyl (C=O) groups excluding carboxylic acids is 2. The van der Waals surface area contributed by atoms with E-state index in [-0.39, 0.29) is 12.5 Å². The summed E-state index contributed by atoms with van der Waals surface area (Å²) in [7, 11) is 0. The number of nitrogens with one attached hydrogen (secondary N) is 1. The van der Waals surface area contributed by atoms with Crippen molar-refractivity contribution < 1.29 is 14.3 Å². The van der Waals surface area contributed by atoms with E-state index in [1.807, 2.05) is 12.1 Å². The first kappa shape index (κ1) is 16.5. The molecule has 0 unspecified atom stereocenters. The predicted molar refractivity (Wildman–Crippen MR) is 87.7 cm³/mol. The Morgan fingerprint density at radius 3 is 2.55 bits per heavy atom. The SMILES string of the molecule is O=C(COC(=O)c1cccc(Br)c1)NCc1ccc(Cl)cc1. The Labute approximate surface area is 141 Å². The average Bonchev–Trinajstić information content (AvgIpc) is 2.52. The van der Waals surface area contributed by atoms with Crippen LogP contribution >= 0.6 is 27.5 Å². The second-order valence-corrected chi connectivity index (χ2v) is 5.84. The molecule has 0 aromatic heterocycles. The number of esters is 1. The van der Waals surface area contributed by atoms with E-state index in [9.17, 15) is 9.59 Å². The van der Waals surface area contributed by atoms with E-state index in [1.165, 1.54) is 0 Å². The lowest BCUT2D eigenvalue weighted by atomic mass is 10.2. The Morgan fingerprint density at radius 2 is 1.86 bits per heavy atom. The molecule has 0 aliphatic rings. The number of hydrogen-bond acceptors (Lipinski definition) is 3. The molecule has 0 fully saturated rings. The molecule has 1 N–H and O–H groups in total. The molecule has 0 aliphatic carbocycles. The quantitative estimate of drug-likeness (QED) is 0.804. The third kappa shape index (κ3) is 5.16. The highest BCUT2D eigenvalue weighted by molar-refractivity contribution is 9.10. The van der Waals surface area contributed by atoms with Crippen LogP contribution in [0.3, 0.4) is 0 Å². The molecule has 2 aromatic rings. The second-order valence-electron chi connectivity index (χ2n) is 4.49. The Balaban J connectivity index is 1.78. The molecule has 4 nitrogen and oxygen atoms in total. The van der Waals surface area contributed by atoms with Gasteiger partial charge in [0.05, 0.1) is 5.56 Å². The van der Waals surface area contributed by atoms with E-state index in [4.69, 9.17) is 16.3 Å². The summed E-state index contributed by atoms with van der Waals surface area (Å²) in [5.74, 6) is -0.902. The van der Waals surface area contributed by atoms with Crippen LogP contribution in [0.1, 0.15) is 15.9 Å². The number of benzene rings is 2. The molecule has 0 bridgehead atoms. The lowest BCUT2D eigenvalue weighted by molar-refractivity contribution is -0.124. The molecule has 6 heteroatoms. The molecule has 0 saturated heterocycles. The standard InChI is InChI=1S/C16H13BrClNO3/c17-13-3-1-2-12(8-13)16(21)22-10-15(20)19-9-11-4-6-14(18)7-5-11/h1-8H,9-10H2,(H,19,20). The maximum atomic E-state index is 11.8. The van der Waals surface area contributed by atoms with Crippen molar-refractivity contribution in [2.24, 2.45) is 0 Å². The molecule has 0 atom stereocenters. The van der Waals surface area contributed by atoms with Crippen molar-refractivity contribution in [3.63, 3.8) is 0 Å². The Hall–Kier alpha value is -1.85. The van der Waals surface area contributed by atoms with Crippen LogP contribution in [0.4, 0.5) is 0 Å². The van der Waals surface area contributed by atoms with Crippen LogP contribution < -0.4 is 5.32 Å². The molecule has 2 aromatic carbocycles. The lowest BCUT2D eigenvalue weighted by Gasteiger charge is -2.07. The molecular weight excluding hydrogens is 370 g/mol. The predicted octanol–water partition coefficient (Wildman–Crippen LogP) is 3.58. The van der Waals surface area contributed by atoms with Crippen molar-refractivity contribution in [1.82, 2.24) is 5.32 Å². The van der Waals surface area contributed by atoms with Gasteiger partial charge in [-0.05, 0) is 35.9 Å². The zero-order valence-electron chi connectivity index (χ0n) is 11.5. The Morgan fingerprint density at radius 1 is 1.14 bits per heavy atom. The zero-order valence-corrected chi connectivity index (χ0v) is 13.9. The first-order valence-electron chi connectivity index (χ1n) is 6.48. The van der Waals surface area contributed by atoms with Gasteiger partial charge >= 0.3 is 5.97 Å². The van der Waals surface area contributed by atoms with Crippen molar-refractivity contribution in [3.05, 3.63) is 69.2 Å². The Kier molecular flexibility index (Phi) is 5.98. The second kappa shape index (κ2) is 7.96. The Bertz CT molecular complexity index is 673. The summed E-state index contributed by atoms with van der Waals surface area (Å²) in [5, 5.41) is 3.31. The molecule has 0 spiro atoms. The molecule has 1 amide bonds. The fourth-order valence-corrected chi connectivity index (χ4v) is 2.21. The monoisotopic (exact) mass is 381 g/mol. The first-order valence-corrected chi connectivity index (χ1v) is 7.65. The summed E-state index contributed by atoms with van der Waals surface area (Å²) in [6.45, 7) is 0.0311. The largest absolute Gasteiger partial charge is 0.452 e. The summed E-state index contributed by atoms with van der Waals surface area (Å²) in [4.78, 5) is 23.4. The first-order chi connectivity index (χ1) is 10.5. The van der Waals surface area contributed by atoms with Crippen LogP contribution in [-0.4, -0.2) is 18.5 Å². The van der Waals surface area contributed by atoms with Gasteiger partial charge in [-0.15, -0.1) is 0 Å². The number of ether oxygens (including phenoxy) is 1. The highest BCUT2D eigenvalue weighted by Crippen LogP contribution is 2.12. The minimum atomic E-state index is -0.539. The fraction of sp³-hybridized carbons (Fsp3) is 0.125.